The van der Waals surface area contributed by atoms with E-state index in [1.807, 2.05) is 13.8 Å². The standard InChI is InChI=1S/C11H17F3N4O/c1-3-8-7(2)10(18-15)17-9(16-8)4-5-19-6-11(12,13)14/h3-6,15H2,1-2H3,(H,16,17,18). The third kappa shape index (κ3) is 4.99. The number of nitrogens with two attached hydrogens (primary N) is 1. The molecule has 0 aliphatic heterocycles. The summed E-state index contributed by atoms with van der Waals surface area (Å²) in [4.78, 5) is 8.39. The predicted octanol–water partition coefficient (Wildman–Crippen LogP) is 1.75. The molecule has 0 spiro atoms. The Labute approximate surface area is 109 Å². The summed E-state index contributed by atoms with van der Waals surface area (Å²) in [5.74, 6) is 6.23. The average Bonchev–Trinajstić information content (AvgIpc) is 2.35. The van der Waals surface area contributed by atoms with E-state index in [-0.39, 0.29) is 13.0 Å². The summed E-state index contributed by atoms with van der Waals surface area (Å²) >= 11 is 0. The molecule has 108 valence electrons. The quantitative estimate of drug-likeness (QED) is 0.471. The lowest BCUT2D eigenvalue weighted by Gasteiger charge is -2.11. The first-order valence-corrected chi connectivity index (χ1v) is 5.85. The van der Waals surface area contributed by atoms with Gasteiger partial charge < -0.3 is 10.2 Å². The molecule has 0 amide bonds. The van der Waals surface area contributed by atoms with Crippen molar-refractivity contribution in [1.82, 2.24) is 9.97 Å². The molecule has 0 aliphatic rings. The highest BCUT2D eigenvalue weighted by atomic mass is 19.4. The molecule has 0 aromatic carbocycles. The molecule has 8 heteroatoms. The Morgan fingerprint density at radius 3 is 2.53 bits per heavy atom. The van der Waals surface area contributed by atoms with Crippen LogP contribution < -0.4 is 11.3 Å². The Morgan fingerprint density at radius 2 is 2.00 bits per heavy atom. The number of aromatic nitrogens is 2. The topological polar surface area (TPSA) is 73.1 Å². The molecule has 0 atom stereocenters. The molecular weight excluding hydrogens is 261 g/mol. The van der Waals surface area contributed by atoms with E-state index in [1.165, 1.54) is 0 Å². The van der Waals surface area contributed by atoms with Gasteiger partial charge in [-0.15, -0.1) is 0 Å². The first kappa shape index (κ1) is 15.6. The van der Waals surface area contributed by atoms with Crippen LogP contribution in [0.5, 0.6) is 0 Å². The first-order chi connectivity index (χ1) is 8.87. The second-order valence-electron chi connectivity index (χ2n) is 3.98. The summed E-state index contributed by atoms with van der Waals surface area (Å²) < 4.78 is 40.2. The molecule has 0 bridgehead atoms. The number of halogens is 3. The molecule has 1 aromatic rings. The lowest BCUT2D eigenvalue weighted by molar-refractivity contribution is -0.173. The molecule has 0 fully saturated rings. The molecule has 1 rings (SSSR count). The van der Waals surface area contributed by atoms with Crippen molar-refractivity contribution in [3.8, 4) is 0 Å². The average molecular weight is 278 g/mol. The van der Waals surface area contributed by atoms with Crippen LogP contribution >= 0.6 is 0 Å². The van der Waals surface area contributed by atoms with Crippen LogP contribution in [-0.4, -0.2) is 29.4 Å². The fourth-order valence-electron chi connectivity index (χ4n) is 1.56. The summed E-state index contributed by atoms with van der Waals surface area (Å²) in [6, 6.07) is 0. The van der Waals surface area contributed by atoms with Gasteiger partial charge in [0.1, 0.15) is 18.2 Å². The van der Waals surface area contributed by atoms with Gasteiger partial charge in [0.25, 0.3) is 0 Å². The highest BCUT2D eigenvalue weighted by Crippen LogP contribution is 2.16. The van der Waals surface area contributed by atoms with Crippen LogP contribution in [0.2, 0.25) is 0 Å². The molecule has 0 unspecified atom stereocenters. The monoisotopic (exact) mass is 278 g/mol. The molecule has 1 heterocycles. The van der Waals surface area contributed by atoms with Crippen molar-refractivity contribution in [3.63, 3.8) is 0 Å². The van der Waals surface area contributed by atoms with Gasteiger partial charge in [-0.3, -0.25) is 0 Å². The highest BCUT2D eigenvalue weighted by Gasteiger charge is 2.27. The molecule has 3 N–H and O–H groups in total. The van der Waals surface area contributed by atoms with E-state index in [0.29, 0.717) is 18.1 Å². The summed E-state index contributed by atoms with van der Waals surface area (Å²) in [5, 5.41) is 0. The third-order valence-corrected chi connectivity index (χ3v) is 2.50. The minimum Gasteiger partial charge on any atom is -0.372 e. The summed E-state index contributed by atoms with van der Waals surface area (Å²) in [5.41, 5.74) is 4.10. The minimum atomic E-state index is -4.31. The summed E-state index contributed by atoms with van der Waals surface area (Å²) in [6.45, 7) is 2.41. The van der Waals surface area contributed by atoms with E-state index in [0.717, 1.165) is 11.3 Å². The molecule has 0 saturated heterocycles. The molecule has 0 saturated carbocycles. The number of hydrazine groups is 1. The second-order valence-corrected chi connectivity index (χ2v) is 3.98. The second kappa shape index (κ2) is 6.67. The van der Waals surface area contributed by atoms with Crippen LogP contribution in [0.25, 0.3) is 0 Å². The number of rotatable bonds is 6. The molecule has 5 nitrogen and oxygen atoms in total. The van der Waals surface area contributed by atoms with Crippen molar-refractivity contribution in [2.24, 2.45) is 5.84 Å². The van der Waals surface area contributed by atoms with Crippen molar-refractivity contribution in [2.75, 3.05) is 18.6 Å². The highest BCUT2D eigenvalue weighted by molar-refractivity contribution is 5.44. The van der Waals surface area contributed by atoms with E-state index < -0.39 is 12.8 Å². The number of nitrogen functional groups attached to an aromatic ring is 1. The van der Waals surface area contributed by atoms with E-state index in [9.17, 15) is 13.2 Å². The Hall–Kier alpha value is -1.41. The summed E-state index contributed by atoms with van der Waals surface area (Å²) in [7, 11) is 0. The number of nitrogens with zero attached hydrogens (tertiary/aromatic N) is 2. The van der Waals surface area contributed by atoms with E-state index in [1.54, 1.807) is 0 Å². The van der Waals surface area contributed by atoms with Gasteiger partial charge in [0.05, 0.1) is 6.61 Å². The minimum absolute atomic E-state index is 0.0876. The molecule has 0 aliphatic carbocycles. The third-order valence-electron chi connectivity index (χ3n) is 2.50. The van der Waals surface area contributed by atoms with Gasteiger partial charge in [-0.05, 0) is 13.3 Å². The van der Waals surface area contributed by atoms with Gasteiger partial charge in [-0.1, -0.05) is 6.92 Å². The predicted molar refractivity (Wildman–Crippen MR) is 64.5 cm³/mol. The van der Waals surface area contributed by atoms with Gasteiger partial charge in [0.15, 0.2) is 0 Å². The van der Waals surface area contributed by atoms with E-state index >= 15 is 0 Å². The Kier molecular flexibility index (Phi) is 5.49. The van der Waals surface area contributed by atoms with Crippen molar-refractivity contribution in [2.45, 2.75) is 32.9 Å². The van der Waals surface area contributed by atoms with Crippen LogP contribution in [0.4, 0.5) is 19.0 Å². The van der Waals surface area contributed by atoms with Gasteiger partial charge in [-0.2, -0.15) is 13.2 Å². The first-order valence-electron chi connectivity index (χ1n) is 5.85. The zero-order chi connectivity index (χ0) is 14.5. The maximum atomic E-state index is 11.9. The lowest BCUT2D eigenvalue weighted by Crippen LogP contribution is -2.19. The fourth-order valence-corrected chi connectivity index (χ4v) is 1.56. The van der Waals surface area contributed by atoms with Gasteiger partial charge in [0.2, 0.25) is 0 Å². The summed E-state index contributed by atoms with van der Waals surface area (Å²) in [6.07, 6.45) is -3.41. The number of alkyl halides is 3. The van der Waals surface area contributed by atoms with Crippen molar-refractivity contribution >= 4 is 5.82 Å². The normalized spacial score (nSPS) is 11.7. The SMILES string of the molecule is CCc1nc(CCOCC(F)(F)F)nc(NN)c1C. The van der Waals surface area contributed by atoms with Crippen molar-refractivity contribution in [3.05, 3.63) is 17.1 Å². The molecular formula is C11H17F3N4O. The van der Waals surface area contributed by atoms with Crippen LogP contribution in [0.3, 0.4) is 0 Å². The smallest absolute Gasteiger partial charge is 0.372 e. The van der Waals surface area contributed by atoms with Crippen molar-refractivity contribution in [1.29, 1.82) is 0 Å². The zero-order valence-electron chi connectivity index (χ0n) is 10.8. The number of hydrogen-bond acceptors (Lipinski definition) is 5. The maximum Gasteiger partial charge on any atom is 0.411 e. The maximum absolute atomic E-state index is 11.9. The number of aryl methyl sites for hydroxylation is 1. The molecule has 1 aromatic heterocycles. The van der Waals surface area contributed by atoms with Gasteiger partial charge in [0, 0.05) is 17.7 Å². The van der Waals surface area contributed by atoms with Crippen molar-refractivity contribution < 1.29 is 17.9 Å². The van der Waals surface area contributed by atoms with E-state index in [2.05, 4.69) is 20.1 Å². The fraction of sp³-hybridized carbons (Fsp3) is 0.636. The number of hydrogen-bond donors (Lipinski definition) is 2. The van der Waals surface area contributed by atoms with Crippen LogP contribution in [-0.2, 0) is 17.6 Å². The van der Waals surface area contributed by atoms with Gasteiger partial charge >= 0.3 is 6.18 Å². The largest absolute Gasteiger partial charge is 0.411 e. The Balaban J connectivity index is 2.63. The number of nitrogens with one attached hydrogen (secondary N) is 1. The number of anilines is 1. The number of ether oxygens (including phenoxy) is 1. The lowest BCUT2D eigenvalue weighted by atomic mass is 10.2. The molecule has 19 heavy (non-hydrogen) atoms. The van der Waals surface area contributed by atoms with Crippen LogP contribution in [0.1, 0.15) is 24.0 Å². The van der Waals surface area contributed by atoms with Gasteiger partial charge in [-0.25, -0.2) is 15.8 Å². The van der Waals surface area contributed by atoms with Crippen LogP contribution in [0, 0.1) is 6.92 Å². The zero-order valence-corrected chi connectivity index (χ0v) is 10.8. The molecule has 0 radical (unpaired) electrons. The van der Waals surface area contributed by atoms with E-state index in [4.69, 9.17) is 5.84 Å². The van der Waals surface area contributed by atoms with Crippen LogP contribution in [0.15, 0.2) is 0 Å². The Morgan fingerprint density at radius 1 is 1.32 bits per heavy atom. The Bertz CT molecular complexity index is 398.